The fourth-order valence-electron chi connectivity index (χ4n) is 2.26. The standard InChI is InChI=1S/C21H20FNO4/c1-3-15(13-20(24)25)6-4-5-14(2)23-21(26)19-12-11-18(27-19)16-7-9-17(22)10-8-16/h3-12H,13H2,1-2H3,(H,23,26)(H,24,25)/b6-4-,14-5+,15-3+. The first kappa shape index (κ1) is 19.9. The van der Waals surface area contributed by atoms with E-state index in [1.54, 1.807) is 62.4 Å². The number of furan rings is 1. The van der Waals surface area contributed by atoms with E-state index in [-0.39, 0.29) is 18.0 Å². The van der Waals surface area contributed by atoms with Crippen LogP contribution >= 0.6 is 0 Å². The van der Waals surface area contributed by atoms with Crippen molar-refractivity contribution in [2.45, 2.75) is 20.3 Å². The average molecular weight is 369 g/mol. The lowest BCUT2D eigenvalue weighted by Crippen LogP contribution is -2.20. The summed E-state index contributed by atoms with van der Waals surface area (Å²) in [6, 6.07) is 8.97. The van der Waals surface area contributed by atoms with Crippen LogP contribution in [0.4, 0.5) is 4.39 Å². The molecule has 0 saturated heterocycles. The molecule has 0 saturated carbocycles. The molecule has 0 aliphatic rings. The Morgan fingerprint density at radius 2 is 1.89 bits per heavy atom. The van der Waals surface area contributed by atoms with Crippen LogP contribution in [-0.2, 0) is 4.79 Å². The van der Waals surface area contributed by atoms with E-state index in [0.717, 1.165) is 0 Å². The molecule has 0 atom stereocenters. The SMILES string of the molecule is C\C=C(/C=C\C=C(/C)NC(=O)c1ccc(-c2ccc(F)cc2)o1)CC(=O)O. The molecule has 0 unspecified atom stereocenters. The van der Waals surface area contributed by atoms with Crippen LogP contribution in [0.5, 0.6) is 0 Å². The highest BCUT2D eigenvalue weighted by atomic mass is 19.1. The van der Waals surface area contributed by atoms with Crippen molar-refractivity contribution in [1.82, 2.24) is 5.32 Å². The molecule has 0 fully saturated rings. The Balaban J connectivity index is 2.00. The number of hydrogen-bond acceptors (Lipinski definition) is 3. The third kappa shape index (κ3) is 6.11. The minimum atomic E-state index is -0.906. The van der Waals surface area contributed by atoms with Gasteiger partial charge in [0.1, 0.15) is 11.6 Å². The normalized spacial score (nSPS) is 12.4. The Kier molecular flexibility index (Phi) is 6.88. The molecule has 1 heterocycles. The summed E-state index contributed by atoms with van der Waals surface area (Å²) in [6.45, 7) is 3.47. The van der Waals surface area contributed by atoms with E-state index in [4.69, 9.17) is 9.52 Å². The van der Waals surface area contributed by atoms with Gasteiger partial charge in [0.15, 0.2) is 5.76 Å². The molecule has 0 spiro atoms. The summed E-state index contributed by atoms with van der Waals surface area (Å²) in [7, 11) is 0. The van der Waals surface area contributed by atoms with Gasteiger partial charge in [-0.1, -0.05) is 18.2 Å². The molecule has 1 aromatic carbocycles. The van der Waals surface area contributed by atoms with Crippen LogP contribution in [0.1, 0.15) is 30.8 Å². The second-order valence-corrected chi connectivity index (χ2v) is 5.77. The van der Waals surface area contributed by atoms with Crippen molar-refractivity contribution >= 4 is 11.9 Å². The molecular formula is C21H20FNO4. The average Bonchev–Trinajstić information content (AvgIpc) is 3.11. The van der Waals surface area contributed by atoms with Crippen molar-refractivity contribution < 1.29 is 23.5 Å². The molecule has 0 radical (unpaired) electrons. The van der Waals surface area contributed by atoms with Gasteiger partial charge in [-0.05, 0) is 61.9 Å². The van der Waals surface area contributed by atoms with Crippen LogP contribution in [0.25, 0.3) is 11.3 Å². The molecule has 2 rings (SSSR count). The zero-order valence-electron chi connectivity index (χ0n) is 15.0. The monoisotopic (exact) mass is 369 g/mol. The van der Waals surface area contributed by atoms with Gasteiger partial charge < -0.3 is 14.8 Å². The molecule has 1 amide bonds. The summed E-state index contributed by atoms with van der Waals surface area (Å²) < 4.78 is 18.5. The van der Waals surface area contributed by atoms with Crippen LogP contribution in [0.2, 0.25) is 0 Å². The molecule has 5 nitrogen and oxygen atoms in total. The molecular weight excluding hydrogens is 349 g/mol. The number of hydrogen-bond donors (Lipinski definition) is 2. The van der Waals surface area contributed by atoms with Crippen molar-refractivity contribution in [2.24, 2.45) is 0 Å². The van der Waals surface area contributed by atoms with Gasteiger partial charge in [-0.15, -0.1) is 0 Å². The maximum Gasteiger partial charge on any atom is 0.307 e. The first-order valence-electron chi connectivity index (χ1n) is 8.28. The number of carbonyl (C=O) groups excluding carboxylic acids is 1. The van der Waals surface area contributed by atoms with Crippen molar-refractivity contribution in [2.75, 3.05) is 0 Å². The van der Waals surface area contributed by atoms with E-state index in [2.05, 4.69) is 5.32 Å². The highest BCUT2D eigenvalue weighted by Gasteiger charge is 2.12. The van der Waals surface area contributed by atoms with Gasteiger partial charge in [-0.2, -0.15) is 0 Å². The largest absolute Gasteiger partial charge is 0.481 e. The molecule has 0 bridgehead atoms. The number of halogens is 1. The maximum absolute atomic E-state index is 13.0. The lowest BCUT2D eigenvalue weighted by atomic mass is 10.1. The van der Waals surface area contributed by atoms with E-state index in [1.807, 2.05) is 0 Å². The Morgan fingerprint density at radius 3 is 2.52 bits per heavy atom. The van der Waals surface area contributed by atoms with Crippen molar-refractivity contribution in [1.29, 1.82) is 0 Å². The third-order valence-electron chi connectivity index (χ3n) is 3.65. The van der Waals surface area contributed by atoms with Gasteiger partial charge in [0.2, 0.25) is 0 Å². The van der Waals surface area contributed by atoms with E-state index in [0.29, 0.717) is 22.6 Å². The summed E-state index contributed by atoms with van der Waals surface area (Å²) in [5.41, 5.74) is 1.90. The van der Waals surface area contributed by atoms with Gasteiger partial charge in [0, 0.05) is 11.3 Å². The number of carboxylic acid groups (broad SMARTS) is 1. The summed E-state index contributed by atoms with van der Waals surface area (Å²) in [5.74, 6) is -1.07. The quantitative estimate of drug-likeness (QED) is 0.694. The number of amides is 1. The van der Waals surface area contributed by atoms with Gasteiger partial charge in [0.05, 0.1) is 6.42 Å². The molecule has 0 aliphatic heterocycles. The zero-order valence-corrected chi connectivity index (χ0v) is 15.0. The third-order valence-corrected chi connectivity index (χ3v) is 3.65. The molecule has 140 valence electrons. The van der Waals surface area contributed by atoms with Gasteiger partial charge >= 0.3 is 5.97 Å². The molecule has 1 aromatic heterocycles. The van der Waals surface area contributed by atoms with Crippen LogP contribution < -0.4 is 5.32 Å². The summed E-state index contributed by atoms with van der Waals surface area (Å²) in [4.78, 5) is 22.9. The number of nitrogens with one attached hydrogen (secondary N) is 1. The fourth-order valence-corrected chi connectivity index (χ4v) is 2.26. The predicted octanol–water partition coefficient (Wildman–Crippen LogP) is 4.70. The molecule has 27 heavy (non-hydrogen) atoms. The number of benzene rings is 1. The van der Waals surface area contributed by atoms with Crippen LogP contribution in [0.15, 0.2) is 76.4 Å². The summed E-state index contributed by atoms with van der Waals surface area (Å²) in [5, 5.41) is 11.5. The number of carbonyl (C=O) groups is 2. The first-order valence-corrected chi connectivity index (χ1v) is 8.28. The number of carboxylic acids is 1. The van der Waals surface area contributed by atoms with Gasteiger partial charge in [0.25, 0.3) is 5.91 Å². The lowest BCUT2D eigenvalue weighted by molar-refractivity contribution is -0.136. The topological polar surface area (TPSA) is 79.5 Å². The Bertz CT molecular complexity index is 905. The fraction of sp³-hybridized carbons (Fsp3) is 0.143. The minimum Gasteiger partial charge on any atom is -0.481 e. The van der Waals surface area contributed by atoms with Crippen molar-refractivity contribution in [3.8, 4) is 11.3 Å². The highest BCUT2D eigenvalue weighted by molar-refractivity contribution is 5.93. The highest BCUT2D eigenvalue weighted by Crippen LogP contribution is 2.22. The lowest BCUT2D eigenvalue weighted by Gasteiger charge is -2.02. The first-order chi connectivity index (χ1) is 12.9. The van der Waals surface area contributed by atoms with Crippen molar-refractivity contribution in [3.63, 3.8) is 0 Å². The number of rotatable bonds is 7. The summed E-state index contributed by atoms with van der Waals surface area (Å²) >= 11 is 0. The molecule has 6 heteroatoms. The Labute approximate surface area is 156 Å². The predicted molar refractivity (Wildman–Crippen MR) is 100 cm³/mol. The second kappa shape index (κ2) is 9.33. The molecule has 0 aliphatic carbocycles. The number of aliphatic carboxylic acids is 1. The molecule has 2 N–H and O–H groups in total. The van der Waals surface area contributed by atoms with Gasteiger partial charge in [-0.3, -0.25) is 9.59 Å². The minimum absolute atomic E-state index is 0.0647. The smallest absolute Gasteiger partial charge is 0.307 e. The van der Waals surface area contributed by atoms with Crippen molar-refractivity contribution in [3.05, 3.63) is 83.5 Å². The van der Waals surface area contributed by atoms with E-state index >= 15 is 0 Å². The van der Waals surface area contributed by atoms with Crippen LogP contribution in [0.3, 0.4) is 0 Å². The maximum atomic E-state index is 13.0. The van der Waals surface area contributed by atoms with Crippen LogP contribution in [-0.4, -0.2) is 17.0 Å². The van der Waals surface area contributed by atoms with E-state index in [1.165, 1.54) is 12.1 Å². The van der Waals surface area contributed by atoms with E-state index in [9.17, 15) is 14.0 Å². The second-order valence-electron chi connectivity index (χ2n) is 5.77. The molecule has 2 aromatic rings. The van der Waals surface area contributed by atoms with Gasteiger partial charge in [-0.25, -0.2) is 4.39 Å². The Hall–Kier alpha value is -3.41. The van der Waals surface area contributed by atoms with E-state index < -0.39 is 11.9 Å². The zero-order chi connectivity index (χ0) is 19.8. The summed E-state index contributed by atoms with van der Waals surface area (Å²) in [6.07, 6.45) is 6.65. The van der Waals surface area contributed by atoms with Crippen LogP contribution in [0, 0.1) is 5.82 Å². The Morgan fingerprint density at radius 1 is 1.19 bits per heavy atom. The number of allylic oxidation sites excluding steroid dienone is 5.